The van der Waals surface area contributed by atoms with Crippen LogP contribution in [0.15, 0.2) is 11.6 Å². The van der Waals surface area contributed by atoms with Crippen LogP contribution in [0, 0.1) is 67.1 Å². The van der Waals surface area contributed by atoms with Crippen LogP contribution in [0.25, 0.3) is 0 Å². The van der Waals surface area contributed by atoms with E-state index < -0.39 is 12.1 Å². The van der Waals surface area contributed by atoms with Gasteiger partial charge < -0.3 is 19.7 Å². The topological polar surface area (TPSA) is 102 Å². The lowest BCUT2D eigenvalue weighted by molar-refractivity contribution is -0.116. The van der Waals surface area contributed by atoms with Crippen LogP contribution < -0.4 is 10.2 Å². The molecule has 4 aliphatic rings. The SMILES string of the molecule is CC(=O)Nc1c(C)c(C(=O)OC(=O)O[C@H]2CC[C@@]3(C)C(=CCC4C3CC[C@@]3(C)C4CC[C@@H]3[C@H](C)CCCC(C)C)C2)c(C)c(N(C)C(C)=O)c1C. The molecule has 4 aliphatic carbocycles. The summed E-state index contributed by atoms with van der Waals surface area (Å²) >= 11 is 0. The van der Waals surface area contributed by atoms with Crippen LogP contribution in [-0.2, 0) is 19.1 Å². The van der Waals surface area contributed by atoms with Crippen molar-refractivity contribution in [3.05, 3.63) is 33.9 Å². The van der Waals surface area contributed by atoms with Gasteiger partial charge in [-0.1, -0.05) is 65.5 Å². The number of nitrogens with one attached hydrogen (secondary N) is 1. The fourth-order valence-electron chi connectivity index (χ4n) is 11.6. The molecular weight excluding hydrogens is 640 g/mol. The number of hydrogen-bond donors (Lipinski definition) is 1. The van der Waals surface area contributed by atoms with Crippen molar-refractivity contribution in [2.75, 3.05) is 17.3 Å². The Hall–Kier alpha value is -3.16. The molecule has 3 unspecified atom stereocenters. The van der Waals surface area contributed by atoms with Crippen LogP contribution >= 0.6 is 0 Å². The number of rotatable bonds is 9. The maximum Gasteiger partial charge on any atom is 0.516 e. The van der Waals surface area contributed by atoms with Crippen LogP contribution in [0.5, 0.6) is 0 Å². The van der Waals surface area contributed by atoms with Crippen LogP contribution in [0.3, 0.4) is 0 Å². The van der Waals surface area contributed by atoms with E-state index in [0.29, 0.717) is 45.8 Å². The average Bonchev–Trinajstić information content (AvgIpc) is 3.40. The summed E-state index contributed by atoms with van der Waals surface area (Å²) < 4.78 is 11.2. The molecule has 3 saturated carbocycles. The van der Waals surface area contributed by atoms with Crippen molar-refractivity contribution in [3.63, 3.8) is 0 Å². The minimum Gasteiger partial charge on any atom is -0.430 e. The Morgan fingerprint density at radius 1 is 0.922 bits per heavy atom. The number of allylic oxidation sites excluding steroid dienone is 1. The molecule has 8 nitrogen and oxygen atoms in total. The summed E-state index contributed by atoms with van der Waals surface area (Å²) in [5.41, 5.74) is 4.58. The summed E-state index contributed by atoms with van der Waals surface area (Å²) in [6, 6.07) is 0. The molecule has 282 valence electrons. The van der Waals surface area contributed by atoms with E-state index in [-0.39, 0.29) is 28.9 Å². The van der Waals surface area contributed by atoms with Crippen LogP contribution in [-0.4, -0.2) is 37.1 Å². The zero-order valence-corrected chi connectivity index (χ0v) is 33.3. The van der Waals surface area contributed by atoms with Gasteiger partial charge in [0.25, 0.3) is 0 Å². The highest BCUT2D eigenvalue weighted by Crippen LogP contribution is 2.67. The molecule has 2 amide bonds. The average molecular weight is 705 g/mol. The Morgan fingerprint density at radius 3 is 2.27 bits per heavy atom. The first-order chi connectivity index (χ1) is 23.9. The molecule has 3 fully saturated rings. The second kappa shape index (κ2) is 15.1. The summed E-state index contributed by atoms with van der Waals surface area (Å²) in [6.45, 7) is 20.3. The zero-order chi connectivity index (χ0) is 37.6. The second-order valence-electron chi connectivity index (χ2n) is 17.6. The van der Waals surface area contributed by atoms with E-state index in [1.54, 1.807) is 27.8 Å². The van der Waals surface area contributed by atoms with E-state index in [1.807, 2.05) is 0 Å². The molecule has 0 saturated heterocycles. The molecule has 0 heterocycles. The molecule has 0 spiro atoms. The number of hydrogen-bond acceptors (Lipinski definition) is 6. The lowest BCUT2D eigenvalue weighted by Crippen LogP contribution is -2.51. The molecule has 8 heteroatoms. The highest BCUT2D eigenvalue weighted by molar-refractivity contribution is 6.05. The van der Waals surface area contributed by atoms with Gasteiger partial charge in [-0.3, -0.25) is 9.59 Å². The number of anilines is 2. The molecule has 8 atom stereocenters. The van der Waals surface area contributed by atoms with Crippen molar-refractivity contribution in [2.24, 2.45) is 46.3 Å². The zero-order valence-electron chi connectivity index (χ0n) is 33.3. The Balaban J connectivity index is 1.26. The summed E-state index contributed by atoms with van der Waals surface area (Å²) in [6.07, 6.45) is 14.0. The molecule has 1 aromatic carbocycles. The van der Waals surface area contributed by atoms with Gasteiger partial charge in [-0.25, -0.2) is 9.59 Å². The summed E-state index contributed by atoms with van der Waals surface area (Å²) in [5, 5.41) is 2.79. The highest BCUT2D eigenvalue weighted by Gasteiger charge is 2.59. The molecule has 1 aromatic rings. The fourth-order valence-corrected chi connectivity index (χ4v) is 11.6. The largest absolute Gasteiger partial charge is 0.516 e. The number of esters is 1. The van der Waals surface area contributed by atoms with Crippen molar-refractivity contribution < 1.29 is 28.7 Å². The van der Waals surface area contributed by atoms with E-state index in [1.165, 1.54) is 69.3 Å². The lowest BCUT2D eigenvalue weighted by atomic mass is 9.47. The minimum absolute atomic E-state index is 0.111. The number of amides is 2. The van der Waals surface area contributed by atoms with Gasteiger partial charge in [-0.2, -0.15) is 0 Å². The quantitative estimate of drug-likeness (QED) is 0.156. The third-order valence-electron chi connectivity index (χ3n) is 14.2. The molecule has 0 aliphatic heterocycles. The first kappa shape index (κ1) is 39.1. The maximum atomic E-state index is 13.6. The lowest BCUT2D eigenvalue weighted by Gasteiger charge is -2.58. The number of ether oxygens (including phenoxy) is 2. The van der Waals surface area contributed by atoms with Crippen LogP contribution in [0.4, 0.5) is 16.2 Å². The van der Waals surface area contributed by atoms with E-state index >= 15 is 0 Å². The van der Waals surface area contributed by atoms with Crippen molar-refractivity contribution in [1.29, 1.82) is 0 Å². The number of carbonyl (C=O) groups excluding carboxylic acids is 4. The Labute approximate surface area is 306 Å². The van der Waals surface area contributed by atoms with Gasteiger partial charge >= 0.3 is 12.1 Å². The minimum atomic E-state index is -1.02. The Morgan fingerprint density at radius 2 is 1.63 bits per heavy atom. The van der Waals surface area contributed by atoms with Crippen molar-refractivity contribution >= 4 is 35.3 Å². The van der Waals surface area contributed by atoms with Gasteiger partial charge in [-0.05, 0) is 129 Å². The van der Waals surface area contributed by atoms with E-state index in [0.717, 1.165) is 48.9 Å². The van der Waals surface area contributed by atoms with E-state index in [4.69, 9.17) is 9.47 Å². The molecule has 51 heavy (non-hydrogen) atoms. The summed E-state index contributed by atoms with van der Waals surface area (Å²) in [5.74, 6) is 3.16. The summed E-state index contributed by atoms with van der Waals surface area (Å²) in [7, 11) is 1.61. The van der Waals surface area contributed by atoms with Crippen molar-refractivity contribution in [2.45, 2.75) is 146 Å². The Bertz CT molecular complexity index is 1580. The number of nitrogens with zero attached hydrogens (tertiary/aromatic N) is 1. The predicted molar refractivity (Wildman–Crippen MR) is 203 cm³/mol. The first-order valence-corrected chi connectivity index (χ1v) is 19.7. The number of fused-ring (bicyclic) bond motifs is 5. The molecule has 0 aromatic heterocycles. The number of carbonyl (C=O) groups is 4. The summed E-state index contributed by atoms with van der Waals surface area (Å²) in [4.78, 5) is 52.6. The third-order valence-corrected chi connectivity index (χ3v) is 14.2. The smallest absolute Gasteiger partial charge is 0.430 e. The monoisotopic (exact) mass is 704 g/mol. The van der Waals surface area contributed by atoms with Gasteiger partial charge in [0.05, 0.1) is 11.3 Å². The van der Waals surface area contributed by atoms with Crippen LogP contribution in [0.2, 0.25) is 0 Å². The Kier molecular flexibility index (Phi) is 11.5. The number of benzene rings is 1. The molecule has 5 rings (SSSR count). The maximum absolute atomic E-state index is 13.6. The fraction of sp³-hybridized carbons (Fsp3) is 0.721. The standard InChI is InChI=1S/C43H64N2O6/c1-24(2)13-12-14-25(3)34-17-18-35-33-16-15-31-23-32(19-21-42(31,9)36(33)20-22-43(34,35)10)50-41(49)51-40(48)37-26(4)38(44-29(7)46)28(6)39(27(37)5)45(11)30(8)47/h15,24-25,32-36H,12-14,16-23H2,1-11H3,(H,44,46)/t25-,32+,33?,34-,35?,36?,42+,43-/m1/s1. The van der Waals surface area contributed by atoms with Gasteiger partial charge in [0.15, 0.2) is 0 Å². The van der Waals surface area contributed by atoms with Crippen LogP contribution in [0.1, 0.15) is 146 Å². The first-order valence-electron chi connectivity index (χ1n) is 19.7. The molecular formula is C43H64N2O6. The van der Waals surface area contributed by atoms with Crippen molar-refractivity contribution in [1.82, 2.24) is 0 Å². The van der Waals surface area contributed by atoms with E-state index in [9.17, 15) is 19.2 Å². The van der Waals surface area contributed by atoms with Gasteiger partial charge in [0.1, 0.15) is 6.10 Å². The van der Waals surface area contributed by atoms with Gasteiger partial charge in [0.2, 0.25) is 11.8 Å². The van der Waals surface area contributed by atoms with Gasteiger partial charge in [-0.15, -0.1) is 0 Å². The third kappa shape index (κ3) is 7.40. The van der Waals surface area contributed by atoms with Gasteiger partial charge in [0, 0.05) is 33.0 Å². The molecule has 1 N–H and O–H groups in total. The molecule has 0 bridgehead atoms. The highest BCUT2D eigenvalue weighted by atomic mass is 16.7. The molecule has 0 radical (unpaired) electrons. The van der Waals surface area contributed by atoms with E-state index in [2.05, 4.69) is 46.0 Å². The second-order valence-corrected chi connectivity index (χ2v) is 17.6. The predicted octanol–water partition coefficient (Wildman–Crippen LogP) is 10.3. The normalized spacial score (nSPS) is 30.4. The van der Waals surface area contributed by atoms with Crippen molar-refractivity contribution in [3.8, 4) is 0 Å².